The predicted octanol–water partition coefficient (Wildman–Crippen LogP) is 2.54. The fourth-order valence-electron chi connectivity index (χ4n) is 2.76. The molecule has 0 aromatic heterocycles. The van der Waals surface area contributed by atoms with Crippen molar-refractivity contribution >= 4 is 0 Å². The van der Waals surface area contributed by atoms with Gasteiger partial charge in [-0.05, 0) is 64.0 Å². The lowest BCUT2D eigenvalue weighted by atomic mass is 10.1. The van der Waals surface area contributed by atoms with Gasteiger partial charge in [0.15, 0.2) is 0 Å². The van der Waals surface area contributed by atoms with Crippen LogP contribution in [0.25, 0.3) is 0 Å². The molecule has 4 nitrogen and oxygen atoms in total. The molecule has 0 amide bonds. The van der Waals surface area contributed by atoms with E-state index in [4.69, 9.17) is 9.47 Å². The van der Waals surface area contributed by atoms with Crippen LogP contribution in [0.3, 0.4) is 0 Å². The lowest BCUT2D eigenvalue weighted by molar-refractivity contribution is 0.208. The summed E-state index contributed by atoms with van der Waals surface area (Å²) < 4.78 is 10.9. The van der Waals surface area contributed by atoms with Crippen LogP contribution in [-0.4, -0.2) is 50.3 Å². The lowest BCUT2D eigenvalue weighted by Gasteiger charge is -2.29. The van der Waals surface area contributed by atoms with Crippen molar-refractivity contribution in [2.75, 3.05) is 39.9 Å². The fraction of sp³-hybridized carbons (Fsp3) is 0.647. The molecule has 1 aromatic carbocycles. The van der Waals surface area contributed by atoms with Gasteiger partial charge in [-0.2, -0.15) is 0 Å². The topological polar surface area (TPSA) is 33.7 Å². The van der Waals surface area contributed by atoms with Gasteiger partial charge in [0, 0.05) is 18.6 Å². The molecule has 1 heterocycles. The number of nitrogens with zero attached hydrogens (tertiary/aromatic N) is 1. The third-order valence-electron chi connectivity index (χ3n) is 3.82. The summed E-state index contributed by atoms with van der Waals surface area (Å²) in [6, 6.07) is 7.77. The number of nitrogens with one attached hydrogen (secondary N) is 1. The smallest absolute Gasteiger partial charge is 0.119 e. The van der Waals surface area contributed by atoms with Crippen molar-refractivity contribution in [1.29, 1.82) is 0 Å². The Bertz CT molecular complexity index is 417. The minimum atomic E-state index is 0.216. The molecule has 1 aromatic rings. The minimum absolute atomic E-state index is 0.216. The number of benzene rings is 1. The van der Waals surface area contributed by atoms with Crippen molar-refractivity contribution in [3.05, 3.63) is 24.3 Å². The van der Waals surface area contributed by atoms with Crippen LogP contribution in [0, 0.1) is 0 Å². The largest absolute Gasteiger partial charge is 0.497 e. The molecule has 2 rings (SSSR count). The Morgan fingerprint density at radius 1 is 1.19 bits per heavy atom. The van der Waals surface area contributed by atoms with Crippen LogP contribution >= 0.6 is 0 Å². The number of methoxy groups -OCH3 is 1. The zero-order chi connectivity index (χ0) is 15.1. The third kappa shape index (κ3) is 5.56. The summed E-state index contributed by atoms with van der Waals surface area (Å²) in [5.74, 6) is 1.77. The first-order valence-electron chi connectivity index (χ1n) is 7.83. The molecular formula is C17H28N2O2. The summed E-state index contributed by atoms with van der Waals surface area (Å²) in [5.41, 5.74) is 0.216. The molecule has 0 spiro atoms. The van der Waals surface area contributed by atoms with Gasteiger partial charge in [-0.15, -0.1) is 0 Å². The number of rotatable bonds is 6. The van der Waals surface area contributed by atoms with Crippen molar-refractivity contribution < 1.29 is 9.47 Å². The summed E-state index contributed by atoms with van der Waals surface area (Å²) in [4.78, 5) is 2.54. The van der Waals surface area contributed by atoms with Gasteiger partial charge in [-0.1, -0.05) is 0 Å². The van der Waals surface area contributed by atoms with Crippen molar-refractivity contribution in [2.24, 2.45) is 0 Å². The van der Waals surface area contributed by atoms with E-state index in [0.29, 0.717) is 0 Å². The maximum absolute atomic E-state index is 5.78. The number of hydrogen-bond acceptors (Lipinski definition) is 4. The SMILES string of the molecule is COc1ccc(OCCCN2CCCNC(C)(C)C2)cc1. The zero-order valence-electron chi connectivity index (χ0n) is 13.5. The van der Waals surface area contributed by atoms with Crippen molar-refractivity contribution in [3.8, 4) is 11.5 Å². The van der Waals surface area contributed by atoms with E-state index in [9.17, 15) is 0 Å². The Balaban J connectivity index is 1.68. The summed E-state index contributed by atoms with van der Waals surface area (Å²) >= 11 is 0. The Morgan fingerprint density at radius 2 is 1.90 bits per heavy atom. The van der Waals surface area contributed by atoms with E-state index in [1.807, 2.05) is 24.3 Å². The predicted molar refractivity (Wildman–Crippen MR) is 86.2 cm³/mol. The number of hydrogen-bond donors (Lipinski definition) is 1. The Kier molecular flexibility index (Phi) is 5.88. The van der Waals surface area contributed by atoms with Crippen LogP contribution in [0.1, 0.15) is 26.7 Å². The minimum Gasteiger partial charge on any atom is -0.497 e. The molecule has 0 radical (unpaired) electrons. The van der Waals surface area contributed by atoms with Gasteiger partial charge in [0.25, 0.3) is 0 Å². The van der Waals surface area contributed by atoms with E-state index < -0.39 is 0 Å². The first-order valence-corrected chi connectivity index (χ1v) is 7.83. The van der Waals surface area contributed by atoms with Crippen LogP contribution in [0.4, 0.5) is 0 Å². The lowest BCUT2D eigenvalue weighted by Crippen LogP contribution is -2.46. The second kappa shape index (κ2) is 7.66. The van der Waals surface area contributed by atoms with Crippen LogP contribution in [0.2, 0.25) is 0 Å². The standard InChI is InChI=1S/C17H28N2O2/c1-17(2)14-19(11-4-10-18-17)12-5-13-21-16-8-6-15(20-3)7-9-16/h6-9,18H,4-5,10-14H2,1-3H3. The summed E-state index contributed by atoms with van der Waals surface area (Å²) in [7, 11) is 1.67. The highest BCUT2D eigenvalue weighted by atomic mass is 16.5. The quantitative estimate of drug-likeness (QED) is 0.817. The van der Waals surface area contributed by atoms with E-state index >= 15 is 0 Å². The van der Waals surface area contributed by atoms with Gasteiger partial charge >= 0.3 is 0 Å². The van der Waals surface area contributed by atoms with E-state index in [1.165, 1.54) is 13.0 Å². The van der Waals surface area contributed by atoms with Gasteiger partial charge in [0.05, 0.1) is 13.7 Å². The summed E-state index contributed by atoms with van der Waals surface area (Å²) in [6.45, 7) is 9.82. The average Bonchev–Trinajstić information content (AvgIpc) is 2.65. The molecule has 4 heteroatoms. The molecule has 0 aliphatic carbocycles. The van der Waals surface area contributed by atoms with Crippen LogP contribution in [0.5, 0.6) is 11.5 Å². The van der Waals surface area contributed by atoms with Crippen molar-refractivity contribution in [2.45, 2.75) is 32.2 Å². The molecule has 0 bridgehead atoms. The second-order valence-electron chi connectivity index (χ2n) is 6.32. The first kappa shape index (κ1) is 16.1. The fourth-order valence-corrected chi connectivity index (χ4v) is 2.76. The first-order chi connectivity index (χ1) is 10.1. The van der Waals surface area contributed by atoms with Crippen LogP contribution < -0.4 is 14.8 Å². The van der Waals surface area contributed by atoms with Crippen molar-refractivity contribution in [3.63, 3.8) is 0 Å². The summed E-state index contributed by atoms with van der Waals surface area (Å²) in [5, 5.41) is 3.59. The molecule has 1 aliphatic rings. The maximum Gasteiger partial charge on any atom is 0.119 e. The van der Waals surface area contributed by atoms with E-state index in [1.54, 1.807) is 7.11 Å². The highest BCUT2D eigenvalue weighted by molar-refractivity contribution is 5.31. The molecule has 0 unspecified atom stereocenters. The van der Waals surface area contributed by atoms with Gasteiger partial charge < -0.3 is 19.7 Å². The molecule has 1 N–H and O–H groups in total. The molecule has 0 atom stereocenters. The molecule has 1 fully saturated rings. The third-order valence-corrected chi connectivity index (χ3v) is 3.82. The molecule has 0 saturated carbocycles. The maximum atomic E-state index is 5.78. The van der Waals surface area contributed by atoms with E-state index in [-0.39, 0.29) is 5.54 Å². The Labute approximate surface area is 128 Å². The molecule has 118 valence electrons. The van der Waals surface area contributed by atoms with E-state index in [0.717, 1.165) is 44.2 Å². The van der Waals surface area contributed by atoms with Gasteiger partial charge in [0.1, 0.15) is 11.5 Å². The van der Waals surface area contributed by atoms with Crippen LogP contribution in [0.15, 0.2) is 24.3 Å². The van der Waals surface area contributed by atoms with E-state index in [2.05, 4.69) is 24.1 Å². The van der Waals surface area contributed by atoms with Gasteiger partial charge in [-0.25, -0.2) is 0 Å². The number of ether oxygens (including phenoxy) is 2. The zero-order valence-corrected chi connectivity index (χ0v) is 13.5. The molecular weight excluding hydrogens is 264 g/mol. The normalized spacial score (nSPS) is 19.0. The molecule has 21 heavy (non-hydrogen) atoms. The Hall–Kier alpha value is -1.26. The molecule has 1 aliphatic heterocycles. The highest BCUT2D eigenvalue weighted by Crippen LogP contribution is 2.17. The molecule has 1 saturated heterocycles. The van der Waals surface area contributed by atoms with Crippen molar-refractivity contribution in [1.82, 2.24) is 10.2 Å². The highest BCUT2D eigenvalue weighted by Gasteiger charge is 2.23. The average molecular weight is 292 g/mol. The van der Waals surface area contributed by atoms with Crippen LogP contribution in [-0.2, 0) is 0 Å². The Morgan fingerprint density at radius 3 is 2.62 bits per heavy atom. The van der Waals surface area contributed by atoms with Gasteiger partial charge in [-0.3, -0.25) is 0 Å². The van der Waals surface area contributed by atoms with Gasteiger partial charge in [0.2, 0.25) is 0 Å². The second-order valence-corrected chi connectivity index (χ2v) is 6.32. The monoisotopic (exact) mass is 292 g/mol. The summed E-state index contributed by atoms with van der Waals surface area (Å²) in [6.07, 6.45) is 2.28.